The molecular formula is C16H20N2OS. The number of thiophene rings is 1. The van der Waals surface area contributed by atoms with Gasteiger partial charge in [0.2, 0.25) is 0 Å². The molecule has 0 radical (unpaired) electrons. The van der Waals surface area contributed by atoms with Crippen molar-refractivity contribution in [2.45, 2.75) is 50.7 Å². The number of fused-ring (bicyclic) bond motifs is 3. The molecule has 3 heterocycles. The van der Waals surface area contributed by atoms with Crippen LogP contribution in [0.1, 0.15) is 50.1 Å². The largest absolute Gasteiger partial charge is 0.393 e. The predicted molar refractivity (Wildman–Crippen MR) is 80.9 cm³/mol. The van der Waals surface area contributed by atoms with E-state index in [4.69, 9.17) is 0 Å². The van der Waals surface area contributed by atoms with Gasteiger partial charge in [-0.25, -0.2) is 4.98 Å². The number of aromatic nitrogens is 2. The van der Waals surface area contributed by atoms with E-state index in [-0.39, 0.29) is 12.1 Å². The topological polar surface area (TPSA) is 38.1 Å². The van der Waals surface area contributed by atoms with E-state index in [0.717, 1.165) is 6.42 Å². The van der Waals surface area contributed by atoms with E-state index in [2.05, 4.69) is 21.0 Å². The van der Waals surface area contributed by atoms with Gasteiger partial charge in [-0.05, 0) is 42.2 Å². The molecule has 0 amide bonds. The molecule has 20 heavy (non-hydrogen) atoms. The Hall–Kier alpha value is -1.13. The SMILES string of the molecule is O[C@@H](C[C@@H]1c2ccsc2-c2cncn21)C1CCCCC1. The van der Waals surface area contributed by atoms with Crippen LogP contribution in [0, 0.1) is 5.92 Å². The second-order valence-corrected chi connectivity index (χ2v) is 7.02. The third-order valence-corrected chi connectivity index (χ3v) is 5.90. The van der Waals surface area contributed by atoms with E-state index < -0.39 is 0 Å². The average Bonchev–Trinajstić information content (AvgIpc) is 3.16. The van der Waals surface area contributed by atoms with Crippen molar-refractivity contribution in [3.8, 4) is 10.6 Å². The van der Waals surface area contributed by atoms with E-state index in [0.29, 0.717) is 5.92 Å². The number of aliphatic hydroxyl groups is 1. The molecule has 0 aromatic carbocycles. The Bertz CT molecular complexity index is 557. The third kappa shape index (κ3) is 1.93. The van der Waals surface area contributed by atoms with Crippen molar-refractivity contribution >= 4 is 11.3 Å². The predicted octanol–water partition coefficient (Wildman–Crippen LogP) is 3.85. The summed E-state index contributed by atoms with van der Waals surface area (Å²) in [4.78, 5) is 5.62. The van der Waals surface area contributed by atoms with Crippen molar-refractivity contribution in [3.05, 3.63) is 29.5 Å². The highest BCUT2D eigenvalue weighted by Crippen LogP contribution is 2.45. The van der Waals surface area contributed by atoms with Crippen LogP contribution in [-0.2, 0) is 0 Å². The molecule has 1 saturated carbocycles. The summed E-state index contributed by atoms with van der Waals surface area (Å²) in [6, 6.07) is 2.50. The second-order valence-electron chi connectivity index (χ2n) is 6.11. The Morgan fingerprint density at radius 2 is 2.20 bits per heavy atom. The first kappa shape index (κ1) is 12.6. The van der Waals surface area contributed by atoms with Crippen LogP contribution in [0.25, 0.3) is 10.6 Å². The summed E-state index contributed by atoms with van der Waals surface area (Å²) in [5, 5.41) is 12.8. The lowest BCUT2D eigenvalue weighted by Crippen LogP contribution is -2.26. The van der Waals surface area contributed by atoms with E-state index in [1.807, 2.05) is 12.5 Å². The molecule has 3 nitrogen and oxygen atoms in total. The van der Waals surface area contributed by atoms with Crippen LogP contribution in [-0.4, -0.2) is 20.8 Å². The first-order chi connectivity index (χ1) is 9.84. The van der Waals surface area contributed by atoms with Gasteiger partial charge in [0, 0.05) is 0 Å². The zero-order chi connectivity index (χ0) is 13.5. The van der Waals surface area contributed by atoms with E-state index >= 15 is 0 Å². The number of rotatable bonds is 3. The molecule has 0 spiro atoms. The summed E-state index contributed by atoms with van der Waals surface area (Å²) in [5.74, 6) is 0.499. The molecule has 1 fully saturated rings. The fourth-order valence-electron chi connectivity index (χ4n) is 3.85. The van der Waals surface area contributed by atoms with Crippen molar-refractivity contribution in [3.63, 3.8) is 0 Å². The van der Waals surface area contributed by atoms with Gasteiger partial charge >= 0.3 is 0 Å². The van der Waals surface area contributed by atoms with Gasteiger partial charge in [-0.3, -0.25) is 0 Å². The van der Waals surface area contributed by atoms with Gasteiger partial charge < -0.3 is 9.67 Å². The lowest BCUT2D eigenvalue weighted by Gasteiger charge is -2.28. The van der Waals surface area contributed by atoms with Crippen molar-refractivity contribution in [1.29, 1.82) is 0 Å². The van der Waals surface area contributed by atoms with E-state index in [1.165, 1.54) is 48.2 Å². The molecule has 4 rings (SSSR count). The van der Waals surface area contributed by atoms with Crippen molar-refractivity contribution in [2.75, 3.05) is 0 Å². The summed E-state index contributed by atoms with van der Waals surface area (Å²) in [5.41, 5.74) is 2.60. The van der Waals surface area contributed by atoms with Crippen LogP contribution in [0.3, 0.4) is 0 Å². The first-order valence-corrected chi connectivity index (χ1v) is 8.50. The van der Waals surface area contributed by atoms with Gasteiger partial charge in [-0.15, -0.1) is 11.3 Å². The van der Waals surface area contributed by atoms with Crippen LogP contribution in [0.4, 0.5) is 0 Å². The molecule has 2 aromatic heterocycles. The highest BCUT2D eigenvalue weighted by atomic mass is 32.1. The maximum atomic E-state index is 10.6. The monoisotopic (exact) mass is 288 g/mol. The van der Waals surface area contributed by atoms with E-state index in [1.54, 1.807) is 11.3 Å². The molecule has 2 aromatic rings. The lowest BCUT2D eigenvalue weighted by atomic mass is 9.82. The molecular weight excluding hydrogens is 268 g/mol. The zero-order valence-electron chi connectivity index (χ0n) is 11.5. The van der Waals surface area contributed by atoms with Gasteiger partial charge in [-0.2, -0.15) is 0 Å². The summed E-state index contributed by atoms with van der Waals surface area (Å²) in [6.07, 6.45) is 10.8. The lowest BCUT2D eigenvalue weighted by molar-refractivity contribution is 0.0687. The molecule has 0 bridgehead atoms. The van der Waals surface area contributed by atoms with Gasteiger partial charge in [0.25, 0.3) is 0 Å². The minimum absolute atomic E-state index is 0.179. The number of imidazole rings is 1. The van der Waals surface area contributed by atoms with Crippen LogP contribution in [0.5, 0.6) is 0 Å². The summed E-state index contributed by atoms with van der Waals surface area (Å²) >= 11 is 1.78. The molecule has 1 aliphatic heterocycles. The number of aliphatic hydroxyl groups excluding tert-OH is 1. The molecule has 0 saturated heterocycles. The standard InChI is InChI=1S/C16H20N2OS/c19-15(11-4-2-1-3-5-11)8-13-12-6-7-20-16(12)14-9-17-10-18(13)14/h6-7,9-11,13,15,19H,1-5,8H2/t13-,15+/m1/s1. The number of nitrogens with zero attached hydrogens (tertiary/aromatic N) is 2. The quantitative estimate of drug-likeness (QED) is 0.931. The minimum Gasteiger partial charge on any atom is -0.393 e. The van der Waals surface area contributed by atoms with E-state index in [9.17, 15) is 5.11 Å². The Kier molecular flexibility index (Phi) is 3.15. The van der Waals surface area contributed by atoms with Crippen molar-refractivity contribution < 1.29 is 5.11 Å². The van der Waals surface area contributed by atoms with Crippen molar-refractivity contribution in [2.24, 2.45) is 5.92 Å². The Labute approximate surface area is 123 Å². The molecule has 2 aliphatic rings. The maximum absolute atomic E-state index is 10.6. The van der Waals surface area contributed by atoms with Crippen molar-refractivity contribution in [1.82, 2.24) is 9.55 Å². The first-order valence-electron chi connectivity index (χ1n) is 7.62. The summed E-state index contributed by atoms with van der Waals surface area (Å²) in [6.45, 7) is 0. The molecule has 1 aliphatic carbocycles. The maximum Gasteiger partial charge on any atom is 0.0957 e. The Morgan fingerprint density at radius 1 is 1.35 bits per heavy atom. The second kappa shape index (κ2) is 5.01. The van der Waals surface area contributed by atoms with Gasteiger partial charge in [0.15, 0.2) is 0 Å². The number of hydrogen-bond acceptors (Lipinski definition) is 3. The van der Waals surface area contributed by atoms with Gasteiger partial charge in [-0.1, -0.05) is 19.3 Å². The molecule has 106 valence electrons. The molecule has 1 N–H and O–H groups in total. The third-order valence-electron chi connectivity index (χ3n) is 4.95. The minimum atomic E-state index is -0.179. The fourth-order valence-corrected chi connectivity index (χ4v) is 4.82. The number of hydrogen-bond donors (Lipinski definition) is 1. The Morgan fingerprint density at radius 3 is 3.05 bits per heavy atom. The molecule has 2 atom stereocenters. The average molecular weight is 288 g/mol. The van der Waals surface area contributed by atoms with Gasteiger partial charge in [0.1, 0.15) is 0 Å². The van der Waals surface area contributed by atoms with Gasteiger partial charge in [0.05, 0.1) is 35.2 Å². The smallest absolute Gasteiger partial charge is 0.0957 e. The van der Waals surface area contributed by atoms with Crippen LogP contribution < -0.4 is 0 Å². The highest BCUT2D eigenvalue weighted by Gasteiger charge is 2.33. The summed E-state index contributed by atoms with van der Waals surface area (Å²) < 4.78 is 2.24. The van der Waals surface area contributed by atoms with Crippen LogP contribution >= 0.6 is 11.3 Å². The Balaban J connectivity index is 1.57. The fraction of sp³-hybridized carbons (Fsp3) is 0.562. The highest BCUT2D eigenvalue weighted by molar-refractivity contribution is 7.13. The molecule has 0 unspecified atom stereocenters. The molecule has 4 heteroatoms. The van der Waals surface area contributed by atoms with Crippen LogP contribution in [0.15, 0.2) is 24.0 Å². The normalized spacial score (nSPS) is 23.6. The van der Waals surface area contributed by atoms with Crippen LogP contribution in [0.2, 0.25) is 0 Å². The summed E-state index contributed by atoms with van der Waals surface area (Å²) in [7, 11) is 0. The zero-order valence-corrected chi connectivity index (χ0v) is 12.4.